The number of carbonyl (C=O) groups excluding carboxylic acids is 1. The van der Waals surface area contributed by atoms with Gasteiger partial charge in [0, 0.05) is 5.69 Å². The first kappa shape index (κ1) is 13.8. The Morgan fingerprint density at radius 2 is 1.90 bits per heavy atom. The number of benzene rings is 1. The predicted octanol–water partition coefficient (Wildman–Crippen LogP) is 2.55. The molecule has 0 saturated carbocycles. The van der Waals surface area contributed by atoms with Crippen LogP contribution in [0.4, 0.5) is 5.69 Å². The summed E-state index contributed by atoms with van der Waals surface area (Å²) in [5.74, 6) is -1.00. The fourth-order valence-electron chi connectivity index (χ4n) is 1.87. The average molecular weight is 274 g/mol. The van der Waals surface area contributed by atoms with Gasteiger partial charge >= 0.3 is 5.97 Å². The number of hydrogen-bond acceptors (Lipinski definition) is 4. The standard InChI is InChI=1S/C14H14N2O4/c1-7-4-10(5-11(8(7)2)14(18)19)16-13(17)12-6-15-20-9(12)3/h4-6H,1-3H3,(H,16,17)(H,18,19). The largest absolute Gasteiger partial charge is 0.478 e. The predicted molar refractivity (Wildman–Crippen MR) is 72.1 cm³/mol. The minimum Gasteiger partial charge on any atom is -0.478 e. The molecule has 1 aromatic carbocycles. The van der Waals surface area contributed by atoms with Crippen molar-refractivity contribution in [2.24, 2.45) is 0 Å². The second-order valence-corrected chi connectivity index (χ2v) is 4.52. The summed E-state index contributed by atoms with van der Waals surface area (Å²) >= 11 is 0. The molecule has 0 aliphatic heterocycles. The zero-order chi connectivity index (χ0) is 14.9. The van der Waals surface area contributed by atoms with Crippen molar-refractivity contribution in [2.45, 2.75) is 20.8 Å². The van der Waals surface area contributed by atoms with E-state index in [-0.39, 0.29) is 11.5 Å². The van der Waals surface area contributed by atoms with Gasteiger partial charge in [0.15, 0.2) is 0 Å². The quantitative estimate of drug-likeness (QED) is 0.897. The third kappa shape index (κ3) is 2.54. The van der Waals surface area contributed by atoms with Gasteiger partial charge in [-0.25, -0.2) is 4.79 Å². The highest BCUT2D eigenvalue weighted by molar-refractivity contribution is 6.05. The summed E-state index contributed by atoms with van der Waals surface area (Å²) in [4.78, 5) is 23.2. The third-order valence-corrected chi connectivity index (χ3v) is 3.15. The Hall–Kier alpha value is -2.63. The number of carboxylic acids is 1. The molecule has 0 atom stereocenters. The van der Waals surface area contributed by atoms with Gasteiger partial charge in [-0.15, -0.1) is 0 Å². The van der Waals surface area contributed by atoms with E-state index >= 15 is 0 Å². The summed E-state index contributed by atoms with van der Waals surface area (Å²) in [5.41, 5.74) is 2.39. The van der Waals surface area contributed by atoms with Crippen LogP contribution in [0.5, 0.6) is 0 Å². The first-order chi connectivity index (χ1) is 9.40. The van der Waals surface area contributed by atoms with E-state index in [1.807, 2.05) is 0 Å². The topological polar surface area (TPSA) is 92.4 Å². The van der Waals surface area contributed by atoms with Crippen molar-refractivity contribution in [1.82, 2.24) is 5.16 Å². The number of nitrogens with one attached hydrogen (secondary N) is 1. The van der Waals surface area contributed by atoms with Gasteiger partial charge in [-0.1, -0.05) is 5.16 Å². The molecule has 0 unspecified atom stereocenters. The highest BCUT2D eigenvalue weighted by Crippen LogP contribution is 2.21. The molecule has 2 aromatic rings. The van der Waals surface area contributed by atoms with Crippen molar-refractivity contribution in [3.05, 3.63) is 46.3 Å². The molecule has 2 rings (SSSR count). The summed E-state index contributed by atoms with van der Waals surface area (Å²) in [6, 6.07) is 3.16. The number of amides is 1. The fourth-order valence-corrected chi connectivity index (χ4v) is 1.87. The van der Waals surface area contributed by atoms with Crippen molar-refractivity contribution < 1.29 is 19.2 Å². The SMILES string of the molecule is Cc1cc(NC(=O)c2cnoc2C)cc(C(=O)O)c1C. The molecule has 6 nitrogen and oxygen atoms in total. The fraction of sp³-hybridized carbons (Fsp3) is 0.214. The lowest BCUT2D eigenvalue weighted by atomic mass is 10.0. The Kier molecular flexibility index (Phi) is 3.56. The van der Waals surface area contributed by atoms with Crippen LogP contribution in [-0.2, 0) is 0 Å². The van der Waals surface area contributed by atoms with E-state index < -0.39 is 5.97 Å². The van der Waals surface area contributed by atoms with E-state index in [1.54, 1.807) is 26.8 Å². The number of carbonyl (C=O) groups is 2. The van der Waals surface area contributed by atoms with Crippen molar-refractivity contribution in [1.29, 1.82) is 0 Å². The lowest BCUT2D eigenvalue weighted by Gasteiger charge is -2.10. The van der Waals surface area contributed by atoms with Crippen LogP contribution < -0.4 is 5.32 Å². The van der Waals surface area contributed by atoms with Crippen LogP contribution in [0.1, 0.15) is 37.6 Å². The van der Waals surface area contributed by atoms with Crippen LogP contribution in [0.15, 0.2) is 22.9 Å². The van der Waals surface area contributed by atoms with E-state index in [2.05, 4.69) is 10.5 Å². The molecule has 1 aromatic heterocycles. The number of hydrogen-bond donors (Lipinski definition) is 2. The summed E-state index contributed by atoms with van der Waals surface area (Å²) in [6.07, 6.45) is 1.32. The van der Waals surface area contributed by atoms with E-state index in [9.17, 15) is 9.59 Å². The molecular weight excluding hydrogens is 260 g/mol. The zero-order valence-electron chi connectivity index (χ0n) is 11.4. The van der Waals surface area contributed by atoms with Crippen molar-refractivity contribution in [3.8, 4) is 0 Å². The second-order valence-electron chi connectivity index (χ2n) is 4.52. The smallest absolute Gasteiger partial charge is 0.336 e. The van der Waals surface area contributed by atoms with Crippen LogP contribution in [0.3, 0.4) is 0 Å². The number of rotatable bonds is 3. The summed E-state index contributed by atoms with van der Waals surface area (Å²) in [7, 11) is 0. The molecule has 0 fully saturated rings. The maximum Gasteiger partial charge on any atom is 0.336 e. The Morgan fingerprint density at radius 1 is 1.20 bits per heavy atom. The van der Waals surface area contributed by atoms with Crippen molar-refractivity contribution in [3.63, 3.8) is 0 Å². The van der Waals surface area contributed by atoms with E-state index in [1.165, 1.54) is 12.3 Å². The number of anilines is 1. The molecule has 0 radical (unpaired) electrons. The summed E-state index contributed by atoms with van der Waals surface area (Å²) in [5, 5.41) is 15.3. The second kappa shape index (κ2) is 5.16. The number of nitrogens with zero attached hydrogens (tertiary/aromatic N) is 1. The van der Waals surface area contributed by atoms with Gasteiger partial charge in [-0.05, 0) is 44.0 Å². The van der Waals surface area contributed by atoms with Gasteiger partial charge in [0.2, 0.25) is 0 Å². The molecule has 0 saturated heterocycles. The maximum absolute atomic E-state index is 12.0. The molecule has 0 spiro atoms. The minimum atomic E-state index is -1.03. The molecule has 0 bridgehead atoms. The van der Waals surface area contributed by atoms with E-state index in [4.69, 9.17) is 9.63 Å². The van der Waals surface area contributed by atoms with Gasteiger partial charge in [0.1, 0.15) is 11.3 Å². The van der Waals surface area contributed by atoms with Gasteiger partial charge in [0.05, 0.1) is 11.8 Å². The number of aromatic nitrogens is 1. The summed E-state index contributed by atoms with van der Waals surface area (Å²) < 4.78 is 4.82. The summed E-state index contributed by atoms with van der Waals surface area (Å²) in [6.45, 7) is 5.15. The first-order valence-corrected chi connectivity index (χ1v) is 5.97. The Labute approximate surface area is 115 Å². The Morgan fingerprint density at radius 3 is 2.45 bits per heavy atom. The molecule has 0 aliphatic rings. The molecule has 20 heavy (non-hydrogen) atoms. The van der Waals surface area contributed by atoms with Crippen LogP contribution in [0, 0.1) is 20.8 Å². The van der Waals surface area contributed by atoms with Gasteiger partial charge in [-0.2, -0.15) is 0 Å². The Bertz CT molecular complexity index is 688. The third-order valence-electron chi connectivity index (χ3n) is 3.15. The highest BCUT2D eigenvalue weighted by atomic mass is 16.5. The molecule has 1 heterocycles. The normalized spacial score (nSPS) is 10.3. The zero-order valence-corrected chi connectivity index (χ0v) is 11.4. The van der Waals surface area contributed by atoms with Gasteiger partial charge in [0.25, 0.3) is 5.91 Å². The van der Waals surface area contributed by atoms with Gasteiger partial charge in [-0.3, -0.25) is 4.79 Å². The van der Waals surface area contributed by atoms with E-state index in [0.717, 1.165) is 5.56 Å². The van der Waals surface area contributed by atoms with Gasteiger partial charge < -0.3 is 14.9 Å². The molecule has 2 N–H and O–H groups in total. The number of carboxylic acid groups (broad SMARTS) is 1. The molecule has 0 aliphatic carbocycles. The number of aryl methyl sites for hydroxylation is 2. The average Bonchev–Trinajstić information content (AvgIpc) is 2.79. The highest BCUT2D eigenvalue weighted by Gasteiger charge is 2.15. The minimum absolute atomic E-state index is 0.169. The van der Waals surface area contributed by atoms with Crippen molar-refractivity contribution >= 4 is 17.6 Å². The van der Waals surface area contributed by atoms with Crippen LogP contribution >= 0.6 is 0 Å². The molecule has 1 amide bonds. The van der Waals surface area contributed by atoms with Crippen molar-refractivity contribution in [2.75, 3.05) is 5.32 Å². The molecule has 6 heteroatoms. The Balaban J connectivity index is 2.33. The van der Waals surface area contributed by atoms with Crippen LogP contribution in [0.25, 0.3) is 0 Å². The number of aromatic carboxylic acids is 1. The van der Waals surface area contributed by atoms with Crippen LogP contribution in [0.2, 0.25) is 0 Å². The van der Waals surface area contributed by atoms with E-state index in [0.29, 0.717) is 22.6 Å². The lowest BCUT2D eigenvalue weighted by Crippen LogP contribution is -2.13. The van der Waals surface area contributed by atoms with Crippen LogP contribution in [-0.4, -0.2) is 22.1 Å². The first-order valence-electron chi connectivity index (χ1n) is 5.97. The monoisotopic (exact) mass is 274 g/mol. The molecular formula is C14H14N2O4. The molecule has 104 valence electrons. The lowest BCUT2D eigenvalue weighted by molar-refractivity contribution is 0.0695. The maximum atomic E-state index is 12.0.